The van der Waals surface area contributed by atoms with Crippen LogP contribution in [0.15, 0.2) is 76.3 Å². The fourth-order valence-electron chi connectivity index (χ4n) is 2.52. The first kappa shape index (κ1) is 15.1. The zero-order valence-electron chi connectivity index (χ0n) is 12.3. The number of nitrogens with one attached hydrogen (secondary N) is 1. The van der Waals surface area contributed by atoms with E-state index in [0.717, 1.165) is 5.69 Å². The SMILES string of the molecule is N#C/C(=C1\NCCN1c1ccccc1)S(=O)(=O)c1ccccc1. The maximum atomic E-state index is 12.8. The van der Waals surface area contributed by atoms with Crippen LogP contribution in [0.1, 0.15) is 0 Å². The van der Waals surface area contributed by atoms with Crippen molar-refractivity contribution in [1.82, 2.24) is 5.32 Å². The molecule has 0 aromatic heterocycles. The van der Waals surface area contributed by atoms with Gasteiger partial charge >= 0.3 is 0 Å². The van der Waals surface area contributed by atoms with Crippen LogP contribution in [0.4, 0.5) is 5.69 Å². The summed E-state index contributed by atoms with van der Waals surface area (Å²) in [5.74, 6) is 0.336. The molecule has 0 amide bonds. The van der Waals surface area contributed by atoms with Gasteiger partial charge in [0.05, 0.1) is 4.90 Å². The minimum atomic E-state index is -3.86. The first-order valence-corrected chi connectivity index (χ1v) is 8.64. The Hall–Kier alpha value is -2.78. The molecule has 0 radical (unpaired) electrons. The quantitative estimate of drug-likeness (QED) is 0.876. The first-order valence-electron chi connectivity index (χ1n) is 7.15. The predicted molar refractivity (Wildman–Crippen MR) is 88.1 cm³/mol. The zero-order valence-corrected chi connectivity index (χ0v) is 13.1. The number of hydrogen-bond donors (Lipinski definition) is 1. The molecule has 0 spiro atoms. The summed E-state index contributed by atoms with van der Waals surface area (Å²) >= 11 is 0. The molecule has 0 aliphatic carbocycles. The van der Waals surface area contributed by atoms with Crippen molar-refractivity contribution in [3.8, 4) is 6.07 Å². The van der Waals surface area contributed by atoms with E-state index in [1.807, 2.05) is 41.3 Å². The van der Waals surface area contributed by atoms with E-state index in [0.29, 0.717) is 18.9 Å². The Morgan fingerprint density at radius 3 is 2.26 bits per heavy atom. The Kier molecular flexibility index (Phi) is 4.04. The second-order valence-electron chi connectivity index (χ2n) is 5.02. The van der Waals surface area contributed by atoms with Crippen molar-refractivity contribution in [2.24, 2.45) is 0 Å². The average molecular weight is 325 g/mol. The summed E-state index contributed by atoms with van der Waals surface area (Å²) in [5.41, 5.74) is 0.850. The third kappa shape index (κ3) is 2.79. The number of sulfone groups is 1. The van der Waals surface area contributed by atoms with Crippen LogP contribution in [-0.4, -0.2) is 21.5 Å². The van der Waals surface area contributed by atoms with Crippen LogP contribution in [0.3, 0.4) is 0 Å². The van der Waals surface area contributed by atoms with Crippen LogP contribution < -0.4 is 10.2 Å². The van der Waals surface area contributed by atoms with Crippen LogP contribution >= 0.6 is 0 Å². The molecule has 0 bridgehead atoms. The summed E-state index contributed by atoms with van der Waals surface area (Å²) in [6, 6.07) is 19.3. The van der Waals surface area contributed by atoms with Crippen LogP contribution in [0.25, 0.3) is 0 Å². The molecule has 1 fully saturated rings. The maximum absolute atomic E-state index is 12.8. The highest BCUT2D eigenvalue weighted by Crippen LogP contribution is 2.27. The fourth-order valence-corrected chi connectivity index (χ4v) is 3.83. The Bertz CT molecular complexity index is 869. The van der Waals surface area contributed by atoms with E-state index < -0.39 is 9.84 Å². The molecule has 0 atom stereocenters. The third-order valence-electron chi connectivity index (χ3n) is 3.60. The highest BCUT2D eigenvalue weighted by atomic mass is 32.2. The van der Waals surface area contributed by atoms with E-state index in [4.69, 9.17) is 0 Å². The summed E-state index contributed by atoms with van der Waals surface area (Å²) in [4.78, 5) is 1.68. The van der Waals surface area contributed by atoms with Gasteiger partial charge in [-0.1, -0.05) is 36.4 Å². The molecule has 0 unspecified atom stereocenters. The van der Waals surface area contributed by atoms with Gasteiger partial charge in [0.15, 0.2) is 4.91 Å². The van der Waals surface area contributed by atoms with E-state index in [-0.39, 0.29) is 9.80 Å². The maximum Gasteiger partial charge on any atom is 0.220 e. The van der Waals surface area contributed by atoms with Gasteiger partial charge in [0.1, 0.15) is 11.9 Å². The molecule has 1 aliphatic rings. The smallest absolute Gasteiger partial charge is 0.220 e. The van der Waals surface area contributed by atoms with E-state index in [1.54, 1.807) is 18.2 Å². The molecule has 6 heteroatoms. The molecule has 2 aromatic rings. The van der Waals surface area contributed by atoms with E-state index in [9.17, 15) is 13.7 Å². The number of allylic oxidation sites excluding steroid dienone is 1. The van der Waals surface area contributed by atoms with Crippen molar-refractivity contribution in [2.45, 2.75) is 4.90 Å². The molecule has 2 aromatic carbocycles. The standard InChI is InChI=1S/C17H15N3O2S/c18-13-16(23(21,22)15-9-5-2-6-10-15)17-19-11-12-20(17)14-7-3-1-4-8-14/h1-10,19H,11-12H2/b17-16-. The lowest BCUT2D eigenvalue weighted by molar-refractivity contribution is 0.602. The Balaban J connectivity index is 2.12. The molecule has 5 nitrogen and oxygen atoms in total. The lowest BCUT2D eigenvalue weighted by atomic mass is 10.3. The Morgan fingerprint density at radius 2 is 1.65 bits per heavy atom. The highest BCUT2D eigenvalue weighted by Gasteiger charge is 2.30. The van der Waals surface area contributed by atoms with Crippen molar-refractivity contribution in [3.05, 3.63) is 71.4 Å². The van der Waals surface area contributed by atoms with Crippen molar-refractivity contribution in [2.75, 3.05) is 18.0 Å². The van der Waals surface area contributed by atoms with Gasteiger partial charge in [0.2, 0.25) is 9.84 Å². The number of hydrogen-bond acceptors (Lipinski definition) is 5. The lowest BCUT2D eigenvalue weighted by Crippen LogP contribution is -2.23. The van der Waals surface area contributed by atoms with Gasteiger partial charge in [-0.05, 0) is 24.3 Å². The second-order valence-corrected chi connectivity index (χ2v) is 6.91. The molecule has 23 heavy (non-hydrogen) atoms. The summed E-state index contributed by atoms with van der Waals surface area (Å²) in [6.45, 7) is 1.19. The highest BCUT2D eigenvalue weighted by molar-refractivity contribution is 7.95. The van der Waals surface area contributed by atoms with Gasteiger partial charge in [-0.3, -0.25) is 0 Å². The predicted octanol–water partition coefficient (Wildman–Crippen LogP) is 2.26. The molecule has 1 heterocycles. The summed E-state index contributed by atoms with van der Waals surface area (Å²) in [6.07, 6.45) is 0. The first-order chi connectivity index (χ1) is 11.1. The lowest BCUT2D eigenvalue weighted by Gasteiger charge is -2.20. The van der Waals surface area contributed by atoms with E-state index >= 15 is 0 Å². The van der Waals surface area contributed by atoms with Crippen LogP contribution in [0.5, 0.6) is 0 Å². The molecule has 0 saturated carbocycles. The third-order valence-corrected chi connectivity index (χ3v) is 5.32. The van der Waals surface area contributed by atoms with Crippen molar-refractivity contribution in [3.63, 3.8) is 0 Å². The summed E-state index contributed by atoms with van der Waals surface area (Å²) < 4.78 is 25.6. The largest absolute Gasteiger partial charge is 0.368 e. The number of benzene rings is 2. The van der Waals surface area contributed by atoms with Gasteiger partial charge in [0.25, 0.3) is 0 Å². The Morgan fingerprint density at radius 1 is 1.04 bits per heavy atom. The fraction of sp³-hybridized carbons (Fsp3) is 0.118. The van der Waals surface area contributed by atoms with Crippen molar-refractivity contribution in [1.29, 1.82) is 5.26 Å². The average Bonchev–Trinajstić information content (AvgIpc) is 3.06. The monoisotopic (exact) mass is 325 g/mol. The molecule has 116 valence electrons. The molecular formula is C17H15N3O2S. The van der Waals surface area contributed by atoms with Crippen molar-refractivity contribution >= 4 is 15.5 Å². The van der Waals surface area contributed by atoms with Crippen molar-refractivity contribution < 1.29 is 8.42 Å². The normalized spacial score (nSPS) is 16.6. The number of rotatable bonds is 3. The number of nitriles is 1. The van der Waals surface area contributed by atoms with Crippen LogP contribution in [-0.2, 0) is 9.84 Å². The molecule has 1 saturated heterocycles. The molecule has 1 N–H and O–H groups in total. The molecule has 1 aliphatic heterocycles. The van der Waals surface area contributed by atoms with Gasteiger partial charge in [0, 0.05) is 18.8 Å². The van der Waals surface area contributed by atoms with Gasteiger partial charge < -0.3 is 10.2 Å². The van der Waals surface area contributed by atoms with Crippen LogP contribution in [0, 0.1) is 11.3 Å². The zero-order chi connectivity index (χ0) is 16.3. The minimum Gasteiger partial charge on any atom is -0.368 e. The number of nitrogens with zero attached hydrogens (tertiary/aromatic N) is 2. The molecule has 3 rings (SSSR count). The number of para-hydroxylation sites is 1. The Labute approximate surface area is 135 Å². The summed E-state index contributed by atoms with van der Waals surface area (Å²) in [7, 11) is -3.86. The second kappa shape index (κ2) is 6.15. The number of anilines is 1. The van der Waals surface area contributed by atoms with E-state index in [1.165, 1.54) is 12.1 Å². The topological polar surface area (TPSA) is 73.2 Å². The summed E-state index contributed by atoms with van der Waals surface area (Å²) in [5, 5.41) is 12.5. The van der Waals surface area contributed by atoms with Gasteiger partial charge in [-0.15, -0.1) is 0 Å². The minimum absolute atomic E-state index is 0.116. The van der Waals surface area contributed by atoms with Gasteiger partial charge in [-0.25, -0.2) is 8.42 Å². The van der Waals surface area contributed by atoms with Gasteiger partial charge in [-0.2, -0.15) is 5.26 Å². The van der Waals surface area contributed by atoms with Crippen LogP contribution in [0.2, 0.25) is 0 Å². The van der Waals surface area contributed by atoms with E-state index in [2.05, 4.69) is 5.32 Å². The molecular weight excluding hydrogens is 310 g/mol.